The summed E-state index contributed by atoms with van der Waals surface area (Å²) in [7, 11) is -3.31. The lowest BCUT2D eigenvalue weighted by Crippen LogP contribution is -2.38. The highest BCUT2D eigenvalue weighted by atomic mass is 32.2. The largest absolute Gasteiger partial charge is 0.322 e. The number of benzene rings is 2. The fraction of sp³-hybridized carbons (Fsp3) is 0.350. The molecule has 5 nitrogen and oxygen atoms in total. The lowest BCUT2D eigenvalue weighted by molar-refractivity contribution is 0.102. The number of anilines is 2. The second kappa shape index (κ2) is 7.11. The van der Waals surface area contributed by atoms with Crippen LogP contribution in [-0.4, -0.2) is 26.6 Å². The van der Waals surface area contributed by atoms with E-state index in [1.165, 1.54) is 4.31 Å². The molecule has 0 aromatic heterocycles. The SMILES string of the molecule is Cc1cc(C)cc(NC(=O)c2ccc(C)c(N3CCCCS3(=O)=O)c2)c1. The molecule has 0 atom stereocenters. The van der Waals surface area contributed by atoms with Gasteiger partial charge in [0.1, 0.15) is 0 Å². The van der Waals surface area contributed by atoms with Gasteiger partial charge in [-0.25, -0.2) is 8.42 Å². The van der Waals surface area contributed by atoms with E-state index in [1.54, 1.807) is 18.2 Å². The third kappa shape index (κ3) is 3.90. The average molecular weight is 372 g/mol. The van der Waals surface area contributed by atoms with Crippen LogP contribution in [-0.2, 0) is 10.0 Å². The van der Waals surface area contributed by atoms with Gasteiger partial charge in [0.2, 0.25) is 10.0 Å². The molecule has 1 N–H and O–H groups in total. The number of sulfonamides is 1. The first-order valence-corrected chi connectivity index (χ1v) is 10.4. The number of hydrogen-bond acceptors (Lipinski definition) is 3. The van der Waals surface area contributed by atoms with Gasteiger partial charge in [0.05, 0.1) is 11.4 Å². The lowest BCUT2D eigenvalue weighted by Gasteiger charge is -2.29. The Morgan fingerprint density at radius 3 is 2.35 bits per heavy atom. The summed E-state index contributed by atoms with van der Waals surface area (Å²) < 4.78 is 26.3. The first kappa shape index (κ1) is 18.5. The summed E-state index contributed by atoms with van der Waals surface area (Å²) in [6, 6.07) is 11.1. The number of nitrogens with zero attached hydrogens (tertiary/aromatic N) is 1. The molecule has 2 aromatic rings. The smallest absolute Gasteiger partial charge is 0.255 e. The molecule has 6 heteroatoms. The Labute approximate surface area is 155 Å². The quantitative estimate of drug-likeness (QED) is 0.891. The van der Waals surface area contributed by atoms with Gasteiger partial charge in [-0.3, -0.25) is 9.10 Å². The molecule has 26 heavy (non-hydrogen) atoms. The molecule has 1 amide bonds. The van der Waals surface area contributed by atoms with Gasteiger partial charge in [0.15, 0.2) is 0 Å². The van der Waals surface area contributed by atoms with Gasteiger partial charge in [-0.05, 0) is 74.6 Å². The molecule has 1 fully saturated rings. The van der Waals surface area contributed by atoms with E-state index >= 15 is 0 Å². The maximum Gasteiger partial charge on any atom is 0.255 e. The Morgan fingerprint density at radius 2 is 1.69 bits per heavy atom. The molecule has 0 radical (unpaired) electrons. The summed E-state index contributed by atoms with van der Waals surface area (Å²) in [6.07, 6.45) is 1.52. The van der Waals surface area contributed by atoms with Gasteiger partial charge < -0.3 is 5.32 Å². The van der Waals surface area contributed by atoms with Gasteiger partial charge >= 0.3 is 0 Å². The van der Waals surface area contributed by atoms with Crippen molar-refractivity contribution in [3.63, 3.8) is 0 Å². The second-order valence-electron chi connectivity index (χ2n) is 6.93. The van der Waals surface area contributed by atoms with Crippen LogP contribution in [0, 0.1) is 20.8 Å². The number of aryl methyl sites for hydroxylation is 3. The summed E-state index contributed by atoms with van der Waals surface area (Å²) in [5.41, 5.74) is 4.77. The monoisotopic (exact) mass is 372 g/mol. The summed E-state index contributed by atoms with van der Waals surface area (Å²) >= 11 is 0. The fourth-order valence-corrected chi connectivity index (χ4v) is 5.02. The molecule has 1 aliphatic heterocycles. The van der Waals surface area contributed by atoms with Gasteiger partial charge in [0, 0.05) is 17.8 Å². The Balaban J connectivity index is 1.90. The molecule has 0 saturated carbocycles. The van der Waals surface area contributed by atoms with Crippen LogP contribution in [0.15, 0.2) is 36.4 Å². The minimum absolute atomic E-state index is 0.158. The highest BCUT2D eigenvalue weighted by Gasteiger charge is 2.27. The zero-order valence-electron chi connectivity index (χ0n) is 15.4. The molecule has 1 aliphatic rings. The van der Waals surface area contributed by atoms with Crippen LogP contribution < -0.4 is 9.62 Å². The van der Waals surface area contributed by atoms with Crippen molar-refractivity contribution in [3.8, 4) is 0 Å². The number of hydrogen-bond donors (Lipinski definition) is 1. The first-order valence-electron chi connectivity index (χ1n) is 8.77. The van der Waals surface area contributed by atoms with E-state index in [4.69, 9.17) is 0 Å². The predicted octanol–water partition coefficient (Wildman–Crippen LogP) is 3.79. The van der Waals surface area contributed by atoms with Crippen molar-refractivity contribution in [3.05, 3.63) is 58.7 Å². The Bertz CT molecular complexity index is 931. The summed E-state index contributed by atoms with van der Waals surface area (Å²) in [4.78, 5) is 12.7. The van der Waals surface area contributed by atoms with E-state index in [0.717, 1.165) is 28.8 Å². The van der Waals surface area contributed by atoms with Crippen molar-refractivity contribution in [1.29, 1.82) is 0 Å². The third-order valence-corrected chi connectivity index (χ3v) is 6.42. The molecular formula is C20H24N2O3S. The number of carbonyl (C=O) groups is 1. The van der Waals surface area contributed by atoms with E-state index in [9.17, 15) is 13.2 Å². The molecule has 1 heterocycles. The van der Waals surface area contributed by atoms with E-state index in [1.807, 2.05) is 39.0 Å². The first-order chi connectivity index (χ1) is 12.3. The van der Waals surface area contributed by atoms with Gasteiger partial charge in [-0.2, -0.15) is 0 Å². The minimum Gasteiger partial charge on any atom is -0.322 e. The van der Waals surface area contributed by atoms with E-state index in [-0.39, 0.29) is 11.7 Å². The summed E-state index contributed by atoms with van der Waals surface area (Å²) in [5.74, 6) is -0.0866. The zero-order chi connectivity index (χ0) is 18.9. The topological polar surface area (TPSA) is 66.5 Å². The molecule has 138 valence electrons. The number of nitrogens with one attached hydrogen (secondary N) is 1. The van der Waals surface area contributed by atoms with E-state index < -0.39 is 10.0 Å². The van der Waals surface area contributed by atoms with E-state index in [2.05, 4.69) is 5.32 Å². The van der Waals surface area contributed by atoms with Crippen LogP contribution in [0.25, 0.3) is 0 Å². The summed E-state index contributed by atoms with van der Waals surface area (Å²) in [5, 5.41) is 2.90. The number of rotatable bonds is 3. The highest BCUT2D eigenvalue weighted by molar-refractivity contribution is 7.92. The van der Waals surface area contributed by atoms with Crippen molar-refractivity contribution in [2.75, 3.05) is 21.9 Å². The van der Waals surface area contributed by atoms with E-state index in [0.29, 0.717) is 24.2 Å². The van der Waals surface area contributed by atoms with Gasteiger partial charge in [-0.1, -0.05) is 12.1 Å². The van der Waals surface area contributed by atoms with Crippen molar-refractivity contribution in [2.24, 2.45) is 0 Å². The van der Waals surface area contributed by atoms with Crippen molar-refractivity contribution < 1.29 is 13.2 Å². The number of amides is 1. The Hall–Kier alpha value is -2.34. The standard InChI is InChI=1S/C20H24N2O3S/c1-14-10-15(2)12-18(11-14)21-20(23)17-7-6-16(3)19(13-17)22-8-4-5-9-26(22,24)25/h6-7,10-13H,4-5,8-9H2,1-3H3,(H,21,23). The van der Waals surface area contributed by atoms with Crippen LogP contribution in [0.5, 0.6) is 0 Å². The maximum absolute atomic E-state index is 12.7. The fourth-order valence-electron chi connectivity index (χ4n) is 3.33. The van der Waals surface area contributed by atoms with Crippen LogP contribution in [0.3, 0.4) is 0 Å². The zero-order valence-corrected chi connectivity index (χ0v) is 16.2. The molecular weight excluding hydrogens is 348 g/mol. The molecule has 0 bridgehead atoms. The van der Waals surface area contributed by atoms with Crippen LogP contribution in [0.1, 0.15) is 39.9 Å². The molecule has 0 aliphatic carbocycles. The van der Waals surface area contributed by atoms with Crippen LogP contribution in [0.4, 0.5) is 11.4 Å². The minimum atomic E-state index is -3.31. The summed E-state index contributed by atoms with van der Waals surface area (Å²) in [6.45, 7) is 6.29. The van der Waals surface area contributed by atoms with Crippen molar-refractivity contribution >= 4 is 27.3 Å². The Morgan fingerprint density at radius 1 is 1.00 bits per heavy atom. The molecule has 0 unspecified atom stereocenters. The van der Waals surface area contributed by atoms with Crippen molar-refractivity contribution in [2.45, 2.75) is 33.6 Å². The highest BCUT2D eigenvalue weighted by Crippen LogP contribution is 2.28. The van der Waals surface area contributed by atoms with Crippen LogP contribution >= 0.6 is 0 Å². The molecule has 0 spiro atoms. The lowest BCUT2D eigenvalue weighted by atomic mass is 10.1. The average Bonchev–Trinajstić information content (AvgIpc) is 2.54. The van der Waals surface area contributed by atoms with Crippen LogP contribution in [0.2, 0.25) is 0 Å². The second-order valence-corrected chi connectivity index (χ2v) is 8.94. The predicted molar refractivity (Wildman–Crippen MR) is 105 cm³/mol. The normalized spacial score (nSPS) is 16.3. The number of carbonyl (C=O) groups excluding carboxylic acids is 1. The maximum atomic E-state index is 12.7. The van der Waals surface area contributed by atoms with Crippen molar-refractivity contribution in [1.82, 2.24) is 0 Å². The molecule has 2 aromatic carbocycles. The Kier molecular flexibility index (Phi) is 5.05. The molecule has 1 saturated heterocycles. The molecule has 3 rings (SSSR count). The van der Waals surface area contributed by atoms with Gasteiger partial charge in [0.25, 0.3) is 5.91 Å². The van der Waals surface area contributed by atoms with Gasteiger partial charge in [-0.15, -0.1) is 0 Å². The third-order valence-electron chi connectivity index (χ3n) is 4.57.